The number of hydrogen-bond acceptors (Lipinski definition) is 6. The average molecular weight is 454 g/mol. The summed E-state index contributed by atoms with van der Waals surface area (Å²) in [6, 6.07) is 7.31. The lowest BCUT2D eigenvalue weighted by atomic mass is 10.3. The van der Waals surface area contributed by atoms with Crippen molar-refractivity contribution in [3.05, 3.63) is 46.9 Å². The molecule has 1 aromatic carbocycles. The van der Waals surface area contributed by atoms with Gasteiger partial charge in [-0.05, 0) is 50.1 Å². The minimum Gasteiger partial charge on any atom is -0.550 e. The van der Waals surface area contributed by atoms with E-state index in [1.54, 1.807) is 12.3 Å². The van der Waals surface area contributed by atoms with Crippen LogP contribution >= 0.6 is 11.8 Å². The number of carbonyl (C=O) groups excluding carboxylic acids is 1. The molecular weight excluding hydrogens is 435 g/mol. The highest BCUT2D eigenvalue weighted by molar-refractivity contribution is 7.99. The zero-order chi connectivity index (χ0) is 22.6. The standard InChI is InChI=1S/C20H20F3N3O4S/c1-2-25-10-9-15-17(25)24-19(31-11-3-4-16(27)28)26(18(15)29)13-5-7-14(8-6-13)30-12-20(21,22)23/h5-10H,2-4,11-12H2,1H3,(H,27,28)/p-1. The number of aryl methyl sites for hydroxylation is 1. The van der Waals surface area contributed by atoms with Gasteiger partial charge in [0.05, 0.1) is 11.1 Å². The normalized spacial score (nSPS) is 11.7. The van der Waals surface area contributed by atoms with Crippen LogP contribution in [0.15, 0.2) is 46.5 Å². The van der Waals surface area contributed by atoms with Gasteiger partial charge in [-0.15, -0.1) is 0 Å². The number of benzene rings is 1. The Balaban J connectivity index is 1.97. The Bertz CT molecular complexity index is 1120. The van der Waals surface area contributed by atoms with Crippen molar-refractivity contribution in [2.75, 3.05) is 12.4 Å². The van der Waals surface area contributed by atoms with Crippen LogP contribution in [0.1, 0.15) is 19.8 Å². The molecule has 2 heterocycles. The van der Waals surface area contributed by atoms with Gasteiger partial charge in [-0.3, -0.25) is 9.36 Å². The van der Waals surface area contributed by atoms with E-state index in [1.807, 2.05) is 11.5 Å². The number of carbonyl (C=O) groups is 1. The monoisotopic (exact) mass is 454 g/mol. The van der Waals surface area contributed by atoms with Crippen molar-refractivity contribution >= 4 is 28.8 Å². The zero-order valence-electron chi connectivity index (χ0n) is 16.5. The smallest absolute Gasteiger partial charge is 0.422 e. The van der Waals surface area contributed by atoms with Crippen LogP contribution in [0.25, 0.3) is 16.7 Å². The lowest BCUT2D eigenvalue weighted by Gasteiger charge is -2.14. The summed E-state index contributed by atoms with van der Waals surface area (Å²) in [4.78, 5) is 28.4. The number of aliphatic carboxylic acids is 1. The van der Waals surface area contributed by atoms with Crippen LogP contribution in [0, 0.1) is 0 Å². The molecule has 31 heavy (non-hydrogen) atoms. The Morgan fingerprint density at radius 1 is 1.23 bits per heavy atom. The topological polar surface area (TPSA) is 89.2 Å². The lowest BCUT2D eigenvalue weighted by Crippen LogP contribution is -2.23. The number of carboxylic acid groups (broad SMARTS) is 1. The highest BCUT2D eigenvalue weighted by atomic mass is 32.2. The van der Waals surface area contributed by atoms with Gasteiger partial charge >= 0.3 is 6.18 Å². The molecule has 0 spiro atoms. The molecule has 0 aliphatic heterocycles. The molecule has 0 aliphatic carbocycles. The first-order chi connectivity index (χ1) is 14.7. The third-order valence-electron chi connectivity index (χ3n) is 4.35. The summed E-state index contributed by atoms with van der Waals surface area (Å²) in [5.41, 5.74) is 0.588. The van der Waals surface area contributed by atoms with Crippen molar-refractivity contribution in [1.29, 1.82) is 0 Å². The van der Waals surface area contributed by atoms with Crippen molar-refractivity contribution in [3.8, 4) is 11.4 Å². The van der Waals surface area contributed by atoms with E-state index in [0.717, 1.165) is 0 Å². The molecule has 0 N–H and O–H groups in total. The molecule has 0 saturated heterocycles. The van der Waals surface area contributed by atoms with E-state index in [4.69, 9.17) is 4.74 Å². The van der Waals surface area contributed by atoms with Crippen LogP contribution in [0.3, 0.4) is 0 Å². The van der Waals surface area contributed by atoms with Crippen molar-refractivity contribution in [1.82, 2.24) is 14.1 Å². The third kappa shape index (κ3) is 5.60. The quantitative estimate of drug-likeness (QED) is 0.281. The van der Waals surface area contributed by atoms with E-state index in [-0.39, 0.29) is 17.7 Å². The number of nitrogens with zero attached hydrogens (tertiary/aromatic N) is 3. The van der Waals surface area contributed by atoms with Crippen LogP contribution in [-0.2, 0) is 11.3 Å². The van der Waals surface area contributed by atoms with Gasteiger partial charge in [0.15, 0.2) is 11.8 Å². The van der Waals surface area contributed by atoms with Crippen LogP contribution in [0.4, 0.5) is 13.2 Å². The Kier molecular flexibility index (Phi) is 6.94. The minimum absolute atomic E-state index is 0.0171. The second-order valence-corrected chi connectivity index (χ2v) is 7.66. The number of alkyl halides is 3. The number of hydrogen-bond donors (Lipinski definition) is 0. The molecule has 7 nitrogen and oxygen atoms in total. The van der Waals surface area contributed by atoms with Crippen molar-refractivity contribution in [3.63, 3.8) is 0 Å². The number of aromatic nitrogens is 3. The van der Waals surface area contributed by atoms with Gasteiger partial charge in [0.2, 0.25) is 0 Å². The molecule has 0 radical (unpaired) electrons. The fourth-order valence-corrected chi connectivity index (χ4v) is 3.86. The van der Waals surface area contributed by atoms with Gasteiger partial charge < -0.3 is 19.2 Å². The third-order valence-corrected chi connectivity index (χ3v) is 5.38. The Hall–Kier alpha value is -2.95. The molecule has 0 amide bonds. The molecule has 166 valence electrons. The first-order valence-electron chi connectivity index (χ1n) is 9.44. The van der Waals surface area contributed by atoms with Crippen molar-refractivity contribution in [2.24, 2.45) is 0 Å². The Morgan fingerprint density at radius 3 is 2.55 bits per heavy atom. The average Bonchev–Trinajstić information content (AvgIpc) is 3.13. The maximum Gasteiger partial charge on any atom is 0.422 e. The fraction of sp³-hybridized carbons (Fsp3) is 0.350. The Labute approximate surface area is 179 Å². The summed E-state index contributed by atoms with van der Waals surface area (Å²) in [5.74, 6) is -0.745. The first kappa shape index (κ1) is 22.7. The molecule has 0 fully saturated rings. The van der Waals surface area contributed by atoms with Gasteiger partial charge in [0.1, 0.15) is 11.4 Å². The van der Waals surface area contributed by atoms with Gasteiger partial charge in [0, 0.05) is 24.5 Å². The van der Waals surface area contributed by atoms with E-state index in [9.17, 15) is 27.9 Å². The molecule has 11 heteroatoms. The largest absolute Gasteiger partial charge is 0.550 e. The molecular formula is C20H19F3N3O4S-. The number of fused-ring (bicyclic) bond motifs is 1. The van der Waals surface area contributed by atoms with E-state index in [0.29, 0.717) is 40.6 Å². The number of rotatable bonds is 9. The number of thioether (sulfide) groups is 1. The highest BCUT2D eigenvalue weighted by Gasteiger charge is 2.28. The van der Waals surface area contributed by atoms with Crippen molar-refractivity contribution in [2.45, 2.75) is 37.6 Å². The molecule has 0 atom stereocenters. The van der Waals surface area contributed by atoms with Crippen LogP contribution in [0.5, 0.6) is 5.75 Å². The van der Waals surface area contributed by atoms with Gasteiger partial charge in [0.25, 0.3) is 5.56 Å². The highest BCUT2D eigenvalue weighted by Crippen LogP contribution is 2.25. The van der Waals surface area contributed by atoms with E-state index in [2.05, 4.69) is 4.98 Å². The van der Waals surface area contributed by atoms with Gasteiger partial charge in [-0.2, -0.15) is 13.2 Å². The molecule has 3 rings (SSSR count). The Morgan fingerprint density at radius 2 is 1.94 bits per heavy atom. The molecule has 0 aliphatic rings. The summed E-state index contributed by atoms with van der Waals surface area (Å²) in [5, 5.41) is 11.4. The predicted octanol–water partition coefficient (Wildman–Crippen LogP) is 2.77. The summed E-state index contributed by atoms with van der Waals surface area (Å²) in [6.45, 7) is 1.11. The van der Waals surface area contributed by atoms with Gasteiger partial charge in [-0.1, -0.05) is 11.8 Å². The SMILES string of the molecule is CCn1ccc2c(=O)n(-c3ccc(OCC(F)(F)F)cc3)c(SCCCC(=O)[O-])nc21. The fourth-order valence-electron chi connectivity index (χ4n) is 2.92. The molecule has 0 unspecified atom stereocenters. The zero-order valence-corrected chi connectivity index (χ0v) is 17.3. The predicted molar refractivity (Wildman–Crippen MR) is 108 cm³/mol. The molecule has 0 bridgehead atoms. The molecule has 3 aromatic rings. The summed E-state index contributed by atoms with van der Waals surface area (Å²) in [7, 11) is 0. The first-order valence-corrected chi connectivity index (χ1v) is 10.4. The minimum atomic E-state index is -4.45. The number of halogens is 3. The van der Waals surface area contributed by atoms with Gasteiger partial charge in [-0.25, -0.2) is 4.98 Å². The van der Waals surface area contributed by atoms with E-state index < -0.39 is 18.8 Å². The number of ether oxygens (including phenoxy) is 1. The maximum absolute atomic E-state index is 13.2. The second-order valence-electron chi connectivity index (χ2n) is 6.60. The molecule has 0 saturated carbocycles. The van der Waals surface area contributed by atoms with Crippen LogP contribution in [-0.4, -0.2) is 38.6 Å². The van der Waals surface area contributed by atoms with Crippen LogP contribution in [0.2, 0.25) is 0 Å². The summed E-state index contributed by atoms with van der Waals surface area (Å²) < 4.78 is 44.9. The van der Waals surface area contributed by atoms with E-state index in [1.165, 1.54) is 40.6 Å². The molecule has 2 aromatic heterocycles. The maximum atomic E-state index is 13.2. The summed E-state index contributed by atoms with van der Waals surface area (Å²) >= 11 is 1.22. The van der Waals surface area contributed by atoms with Crippen molar-refractivity contribution < 1.29 is 27.8 Å². The van der Waals surface area contributed by atoms with Crippen LogP contribution < -0.4 is 15.4 Å². The summed E-state index contributed by atoms with van der Waals surface area (Å²) in [6.07, 6.45) is -2.48. The lowest BCUT2D eigenvalue weighted by molar-refractivity contribution is -0.305. The second kappa shape index (κ2) is 9.46. The van der Waals surface area contributed by atoms with E-state index >= 15 is 0 Å². The number of carboxylic acids is 1.